The molecule has 0 spiro atoms. The molecular formula is C23H28N6O. The number of anilines is 1. The van der Waals surface area contributed by atoms with Crippen LogP contribution in [0.4, 0.5) is 5.69 Å². The molecule has 0 aliphatic carbocycles. The molecule has 1 N–H and O–H groups in total. The molecule has 2 heterocycles. The summed E-state index contributed by atoms with van der Waals surface area (Å²) in [7, 11) is 0. The molecule has 0 saturated heterocycles. The molecule has 3 aromatic rings. The van der Waals surface area contributed by atoms with E-state index in [1.54, 1.807) is 11.0 Å². The lowest BCUT2D eigenvalue weighted by molar-refractivity contribution is -0.132. The Bertz CT molecular complexity index is 928. The maximum atomic E-state index is 13.1. The molecule has 0 unspecified atom stereocenters. The monoisotopic (exact) mass is 404 g/mol. The molecule has 2 aromatic carbocycles. The molecule has 0 atom stereocenters. The van der Waals surface area contributed by atoms with Crippen molar-refractivity contribution in [3.8, 4) is 0 Å². The zero-order valence-electron chi connectivity index (χ0n) is 17.2. The van der Waals surface area contributed by atoms with Gasteiger partial charge in [-0.25, -0.2) is 9.67 Å². The lowest BCUT2D eigenvalue weighted by atomic mass is 10.1. The van der Waals surface area contributed by atoms with Gasteiger partial charge >= 0.3 is 0 Å². The van der Waals surface area contributed by atoms with Gasteiger partial charge in [0.15, 0.2) is 0 Å². The number of carbonyl (C=O) groups is 1. The van der Waals surface area contributed by atoms with Gasteiger partial charge in [-0.15, -0.1) is 0 Å². The van der Waals surface area contributed by atoms with Crippen LogP contribution in [0.2, 0.25) is 0 Å². The van der Waals surface area contributed by atoms with Crippen LogP contribution >= 0.6 is 0 Å². The third kappa shape index (κ3) is 5.45. The van der Waals surface area contributed by atoms with Crippen LogP contribution in [0.1, 0.15) is 17.5 Å². The summed E-state index contributed by atoms with van der Waals surface area (Å²) < 4.78 is 1.58. The average Bonchev–Trinajstić information content (AvgIpc) is 3.26. The van der Waals surface area contributed by atoms with Crippen molar-refractivity contribution >= 4 is 11.6 Å². The van der Waals surface area contributed by atoms with Crippen molar-refractivity contribution < 1.29 is 4.79 Å². The van der Waals surface area contributed by atoms with E-state index in [4.69, 9.17) is 0 Å². The van der Waals surface area contributed by atoms with Gasteiger partial charge in [0.05, 0.1) is 0 Å². The number of nitrogens with one attached hydrogen (secondary N) is 1. The Balaban J connectivity index is 1.52. The number of hydrogen-bond donors (Lipinski definition) is 1. The van der Waals surface area contributed by atoms with Crippen molar-refractivity contribution in [2.24, 2.45) is 0 Å². The smallest absolute Gasteiger partial charge is 0.244 e. The van der Waals surface area contributed by atoms with Crippen LogP contribution in [0, 0.1) is 0 Å². The minimum Gasteiger partial charge on any atom is -0.385 e. The van der Waals surface area contributed by atoms with Crippen LogP contribution in [0.15, 0.2) is 67.3 Å². The fraction of sp³-hybridized carbons (Fsp3) is 0.348. The van der Waals surface area contributed by atoms with E-state index in [1.807, 2.05) is 23.1 Å². The first-order valence-electron chi connectivity index (χ1n) is 10.5. The van der Waals surface area contributed by atoms with Gasteiger partial charge in [-0.2, -0.15) is 5.10 Å². The van der Waals surface area contributed by atoms with Crippen molar-refractivity contribution in [1.29, 1.82) is 0 Å². The maximum Gasteiger partial charge on any atom is 0.244 e. The first-order chi connectivity index (χ1) is 14.8. The number of aromatic nitrogens is 3. The number of nitrogens with zero attached hydrogens (tertiary/aromatic N) is 5. The van der Waals surface area contributed by atoms with Crippen molar-refractivity contribution in [3.63, 3.8) is 0 Å². The Kier molecular flexibility index (Phi) is 6.72. The summed E-state index contributed by atoms with van der Waals surface area (Å²) in [6.07, 6.45) is 4.09. The summed E-state index contributed by atoms with van der Waals surface area (Å²) in [5.74, 6) is 0.0502. The largest absolute Gasteiger partial charge is 0.385 e. The second-order valence-electron chi connectivity index (χ2n) is 7.61. The van der Waals surface area contributed by atoms with Crippen molar-refractivity contribution in [2.75, 3.05) is 31.5 Å². The Morgan fingerprint density at radius 3 is 2.67 bits per heavy atom. The normalized spacial score (nSPS) is 15.7. The molecule has 7 heteroatoms. The molecule has 0 radical (unpaired) electrons. The van der Waals surface area contributed by atoms with E-state index < -0.39 is 0 Å². The Hall–Kier alpha value is -3.19. The Morgan fingerprint density at radius 2 is 1.83 bits per heavy atom. The van der Waals surface area contributed by atoms with Crippen LogP contribution < -0.4 is 5.32 Å². The molecule has 1 amide bonds. The highest BCUT2D eigenvalue weighted by atomic mass is 16.2. The topological polar surface area (TPSA) is 66.3 Å². The van der Waals surface area contributed by atoms with Gasteiger partial charge in [-0.05, 0) is 23.6 Å². The Labute approximate surface area is 177 Å². The Morgan fingerprint density at radius 1 is 1.00 bits per heavy atom. The average molecular weight is 405 g/mol. The molecule has 0 fully saturated rings. The quantitative estimate of drug-likeness (QED) is 0.724. The lowest BCUT2D eigenvalue weighted by Crippen LogP contribution is -2.40. The summed E-state index contributed by atoms with van der Waals surface area (Å²) in [4.78, 5) is 21.4. The van der Waals surface area contributed by atoms with Crippen LogP contribution in [-0.4, -0.2) is 56.7 Å². The summed E-state index contributed by atoms with van der Waals surface area (Å²) >= 11 is 0. The van der Waals surface area contributed by atoms with E-state index >= 15 is 0 Å². The van der Waals surface area contributed by atoms with E-state index in [0.717, 1.165) is 43.9 Å². The van der Waals surface area contributed by atoms with Crippen LogP contribution in [0.5, 0.6) is 0 Å². The van der Waals surface area contributed by atoms with Gasteiger partial charge in [-0.1, -0.05) is 48.5 Å². The van der Waals surface area contributed by atoms with Crippen molar-refractivity contribution in [3.05, 3.63) is 78.4 Å². The van der Waals surface area contributed by atoms with Gasteiger partial charge in [0.1, 0.15) is 19.2 Å². The van der Waals surface area contributed by atoms with Crippen molar-refractivity contribution in [2.45, 2.75) is 26.1 Å². The summed E-state index contributed by atoms with van der Waals surface area (Å²) in [5, 5.41) is 7.65. The highest BCUT2D eigenvalue weighted by Crippen LogP contribution is 2.19. The molecule has 4 rings (SSSR count). The predicted molar refractivity (Wildman–Crippen MR) is 117 cm³/mol. The fourth-order valence-corrected chi connectivity index (χ4v) is 3.78. The lowest BCUT2D eigenvalue weighted by Gasteiger charge is -2.28. The third-order valence-electron chi connectivity index (χ3n) is 5.40. The zero-order valence-corrected chi connectivity index (χ0v) is 17.2. The summed E-state index contributed by atoms with van der Waals surface area (Å²) in [6, 6.07) is 18.8. The molecule has 0 saturated carbocycles. The highest BCUT2D eigenvalue weighted by Gasteiger charge is 2.19. The SMILES string of the molecule is O=C(Cn1cncn1)N1CCN(Cc2ccccc2)CCCNc2ccccc2C1. The molecule has 1 aliphatic heterocycles. The first kappa shape index (κ1) is 20.1. The number of para-hydroxylation sites is 1. The zero-order chi connectivity index (χ0) is 20.6. The van der Waals surface area contributed by atoms with Crippen LogP contribution in [0.25, 0.3) is 0 Å². The fourth-order valence-electron chi connectivity index (χ4n) is 3.78. The van der Waals surface area contributed by atoms with E-state index in [2.05, 4.69) is 56.7 Å². The van der Waals surface area contributed by atoms with E-state index in [9.17, 15) is 4.79 Å². The maximum absolute atomic E-state index is 13.1. The summed E-state index contributed by atoms with van der Waals surface area (Å²) in [6.45, 7) is 5.07. The number of fused-ring (bicyclic) bond motifs is 1. The molecule has 156 valence electrons. The van der Waals surface area contributed by atoms with Gasteiger partial charge < -0.3 is 10.2 Å². The van der Waals surface area contributed by atoms with E-state index in [0.29, 0.717) is 13.1 Å². The molecule has 30 heavy (non-hydrogen) atoms. The summed E-state index contributed by atoms with van der Waals surface area (Å²) in [5.41, 5.74) is 3.54. The van der Waals surface area contributed by atoms with Gasteiger partial charge in [0, 0.05) is 45.0 Å². The predicted octanol–water partition coefficient (Wildman–Crippen LogP) is 2.62. The van der Waals surface area contributed by atoms with E-state index in [-0.39, 0.29) is 12.5 Å². The van der Waals surface area contributed by atoms with Gasteiger partial charge in [0.2, 0.25) is 5.91 Å². The number of benzene rings is 2. The molecule has 1 aliphatic rings. The molecular weight excluding hydrogens is 376 g/mol. The van der Waals surface area contributed by atoms with Crippen molar-refractivity contribution in [1.82, 2.24) is 24.6 Å². The third-order valence-corrected chi connectivity index (χ3v) is 5.40. The number of carbonyl (C=O) groups excluding carboxylic acids is 1. The second-order valence-corrected chi connectivity index (χ2v) is 7.61. The highest BCUT2D eigenvalue weighted by molar-refractivity contribution is 5.76. The first-order valence-corrected chi connectivity index (χ1v) is 10.5. The molecule has 0 bridgehead atoms. The van der Waals surface area contributed by atoms with Gasteiger partial charge in [0.25, 0.3) is 0 Å². The van der Waals surface area contributed by atoms with Gasteiger partial charge in [-0.3, -0.25) is 9.69 Å². The number of amides is 1. The molecule has 7 nitrogen and oxygen atoms in total. The standard InChI is InChI=1S/C23H28N6O/c30-23(17-29-19-24-18-26-29)28-14-13-27(15-20-7-2-1-3-8-20)12-6-11-25-22-10-5-4-9-21(22)16-28/h1-5,7-10,18-19,25H,6,11-17H2. The van der Waals surface area contributed by atoms with E-state index in [1.165, 1.54) is 11.9 Å². The van der Waals surface area contributed by atoms with Crippen LogP contribution in [0.3, 0.4) is 0 Å². The number of rotatable bonds is 4. The minimum atomic E-state index is 0.0502. The second kappa shape index (κ2) is 10.0. The molecule has 1 aromatic heterocycles. The van der Waals surface area contributed by atoms with Crippen LogP contribution in [-0.2, 0) is 24.4 Å². The number of hydrogen-bond acceptors (Lipinski definition) is 5. The minimum absolute atomic E-state index is 0.0502.